The number of fused-ring (bicyclic) bond motifs is 1. The predicted molar refractivity (Wildman–Crippen MR) is 63.2 cm³/mol. The lowest BCUT2D eigenvalue weighted by molar-refractivity contribution is 0.174. The molecule has 1 aliphatic heterocycles. The van der Waals surface area contributed by atoms with Gasteiger partial charge < -0.3 is 4.74 Å². The van der Waals surface area contributed by atoms with Crippen molar-refractivity contribution in [2.45, 2.75) is 33.6 Å². The molecule has 1 heteroatoms. The Bertz CT molecular complexity index is 335. The summed E-state index contributed by atoms with van der Waals surface area (Å²) >= 11 is 0. The quantitative estimate of drug-likeness (QED) is 0.678. The van der Waals surface area contributed by atoms with E-state index in [9.17, 15) is 0 Å². The molecule has 1 aromatic rings. The molecular formula is C14H20O. The first-order chi connectivity index (χ1) is 7.04. The van der Waals surface area contributed by atoms with Crippen LogP contribution < -0.4 is 4.74 Å². The van der Waals surface area contributed by atoms with E-state index >= 15 is 0 Å². The number of ether oxygens (including phenoxy) is 1. The zero-order chi connectivity index (χ0) is 10.9. The second-order valence-corrected chi connectivity index (χ2v) is 5.75. The Labute approximate surface area is 92.5 Å². The van der Waals surface area contributed by atoms with E-state index in [1.807, 2.05) is 6.07 Å². The Balaban J connectivity index is 2.06. The fourth-order valence-corrected chi connectivity index (χ4v) is 2.39. The third-order valence-electron chi connectivity index (χ3n) is 2.86. The molecule has 1 atom stereocenters. The van der Waals surface area contributed by atoms with Gasteiger partial charge in [0.15, 0.2) is 0 Å². The zero-order valence-corrected chi connectivity index (χ0v) is 9.92. The maximum absolute atomic E-state index is 5.78. The van der Waals surface area contributed by atoms with Gasteiger partial charge in [-0.25, -0.2) is 0 Å². The lowest BCUT2D eigenvalue weighted by atomic mass is 9.81. The van der Waals surface area contributed by atoms with E-state index in [0.717, 1.165) is 12.4 Å². The third-order valence-corrected chi connectivity index (χ3v) is 2.86. The van der Waals surface area contributed by atoms with E-state index in [-0.39, 0.29) is 0 Å². The van der Waals surface area contributed by atoms with Crippen LogP contribution in [0.15, 0.2) is 24.3 Å². The summed E-state index contributed by atoms with van der Waals surface area (Å²) in [6.07, 6.45) is 2.41. The van der Waals surface area contributed by atoms with Crippen LogP contribution >= 0.6 is 0 Å². The Morgan fingerprint density at radius 2 is 2.00 bits per heavy atom. The van der Waals surface area contributed by atoms with Crippen LogP contribution in [0.5, 0.6) is 5.75 Å². The molecule has 1 aliphatic rings. The van der Waals surface area contributed by atoms with Crippen molar-refractivity contribution in [3.63, 3.8) is 0 Å². The molecule has 0 amide bonds. The molecular weight excluding hydrogens is 184 g/mol. The van der Waals surface area contributed by atoms with Gasteiger partial charge in [-0.3, -0.25) is 0 Å². The van der Waals surface area contributed by atoms with Crippen LogP contribution in [-0.2, 0) is 6.42 Å². The predicted octanol–water partition coefficient (Wildman–Crippen LogP) is 3.67. The van der Waals surface area contributed by atoms with Gasteiger partial charge in [0.2, 0.25) is 0 Å². The molecule has 1 aromatic carbocycles. The van der Waals surface area contributed by atoms with Crippen LogP contribution in [0, 0.1) is 11.3 Å². The summed E-state index contributed by atoms with van der Waals surface area (Å²) in [7, 11) is 0. The highest BCUT2D eigenvalue weighted by molar-refractivity contribution is 5.35. The molecule has 2 rings (SSSR count). The van der Waals surface area contributed by atoms with Crippen LogP contribution in [0.25, 0.3) is 0 Å². The lowest BCUT2D eigenvalue weighted by Crippen LogP contribution is -2.25. The van der Waals surface area contributed by atoms with E-state index in [4.69, 9.17) is 4.74 Å². The highest BCUT2D eigenvalue weighted by Crippen LogP contribution is 2.33. The molecule has 1 nitrogen and oxygen atoms in total. The fourth-order valence-electron chi connectivity index (χ4n) is 2.39. The average Bonchev–Trinajstić information content (AvgIpc) is 2.15. The largest absolute Gasteiger partial charge is 0.493 e. The summed E-state index contributed by atoms with van der Waals surface area (Å²) in [5.74, 6) is 1.77. The van der Waals surface area contributed by atoms with E-state index < -0.39 is 0 Å². The third kappa shape index (κ3) is 2.74. The molecule has 0 N–H and O–H groups in total. The SMILES string of the molecule is CC(C)(C)CC1COc2ccccc2C1. The first-order valence-electron chi connectivity index (χ1n) is 5.75. The fraction of sp³-hybridized carbons (Fsp3) is 0.571. The summed E-state index contributed by atoms with van der Waals surface area (Å²) in [4.78, 5) is 0. The van der Waals surface area contributed by atoms with Gasteiger partial charge in [-0.2, -0.15) is 0 Å². The Morgan fingerprint density at radius 3 is 2.73 bits per heavy atom. The van der Waals surface area contributed by atoms with Crippen molar-refractivity contribution in [1.82, 2.24) is 0 Å². The summed E-state index contributed by atoms with van der Waals surface area (Å²) in [5, 5.41) is 0. The van der Waals surface area contributed by atoms with Crippen molar-refractivity contribution in [1.29, 1.82) is 0 Å². The summed E-state index contributed by atoms with van der Waals surface area (Å²) in [6.45, 7) is 7.78. The van der Waals surface area contributed by atoms with E-state index in [0.29, 0.717) is 11.3 Å². The number of hydrogen-bond donors (Lipinski definition) is 0. The number of benzene rings is 1. The van der Waals surface area contributed by atoms with Gasteiger partial charge in [0.05, 0.1) is 6.61 Å². The van der Waals surface area contributed by atoms with Gasteiger partial charge >= 0.3 is 0 Å². The Morgan fingerprint density at radius 1 is 1.27 bits per heavy atom. The summed E-state index contributed by atoms with van der Waals surface area (Å²) in [6, 6.07) is 8.40. The molecule has 0 fully saturated rings. The van der Waals surface area contributed by atoms with E-state index in [1.165, 1.54) is 18.4 Å². The second kappa shape index (κ2) is 3.88. The minimum absolute atomic E-state index is 0.403. The van der Waals surface area contributed by atoms with Gasteiger partial charge in [-0.05, 0) is 35.8 Å². The van der Waals surface area contributed by atoms with Crippen LogP contribution in [0.1, 0.15) is 32.8 Å². The first kappa shape index (κ1) is 10.5. The topological polar surface area (TPSA) is 9.23 Å². The highest BCUT2D eigenvalue weighted by atomic mass is 16.5. The molecule has 15 heavy (non-hydrogen) atoms. The van der Waals surface area contributed by atoms with Gasteiger partial charge in [-0.15, -0.1) is 0 Å². The zero-order valence-electron chi connectivity index (χ0n) is 9.92. The molecule has 0 aliphatic carbocycles. The summed E-state index contributed by atoms with van der Waals surface area (Å²) in [5.41, 5.74) is 1.78. The second-order valence-electron chi connectivity index (χ2n) is 5.75. The minimum Gasteiger partial charge on any atom is -0.493 e. The molecule has 0 aromatic heterocycles. The van der Waals surface area contributed by atoms with Gasteiger partial charge in [0, 0.05) is 0 Å². The molecule has 1 heterocycles. The van der Waals surface area contributed by atoms with Crippen LogP contribution in [0.4, 0.5) is 0 Å². The maximum Gasteiger partial charge on any atom is 0.122 e. The number of hydrogen-bond acceptors (Lipinski definition) is 1. The standard InChI is InChI=1S/C14H20O/c1-14(2,3)9-11-8-12-6-4-5-7-13(12)15-10-11/h4-7,11H,8-10H2,1-3H3. The molecule has 1 unspecified atom stereocenters. The van der Waals surface area contributed by atoms with Crippen LogP contribution in [-0.4, -0.2) is 6.61 Å². The van der Waals surface area contributed by atoms with Gasteiger partial charge in [0.1, 0.15) is 5.75 Å². The summed E-state index contributed by atoms with van der Waals surface area (Å²) < 4.78 is 5.78. The highest BCUT2D eigenvalue weighted by Gasteiger charge is 2.24. The van der Waals surface area contributed by atoms with Crippen molar-refractivity contribution >= 4 is 0 Å². The van der Waals surface area contributed by atoms with E-state index in [2.05, 4.69) is 39.0 Å². The van der Waals surface area contributed by atoms with Crippen molar-refractivity contribution in [2.24, 2.45) is 11.3 Å². The van der Waals surface area contributed by atoms with Crippen LogP contribution in [0.3, 0.4) is 0 Å². The average molecular weight is 204 g/mol. The van der Waals surface area contributed by atoms with Gasteiger partial charge in [0.25, 0.3) is 0 Å². The smallest absolute Gasteiger partial charge is 0.122 e. The lowest BCUT2D eigenvalue weighted by Gasteiger charge is -2.30. The van der Waals surface area contributed by atoms with Gasteiger partial charge in [-0.1, -0.05) is 39.0 Å². The molecule has 0 spiro atoms. The van der Waals surface area contributed by atoms with E-state index in [1.54, 1.807) is 0 Å². The molecule has 0 radical (unpaired) electrons. The van der Waals surface area contributed by atoms with Crippen LogP contribution in [0.2, 0.25) is 0 Å². The molecule has 0 saturated carbocycles. The molecule has 0 saturated heterocycles. The molecule has 82 valence electrons. The van der Waals surface area contributed by atoms with Crippen molar-refractivity contribution < 1.29 is 4.74 Å². The normalized spacial score (nSPS) is 20.6. The maximum atomic E-state index is 5.78. The number of para-hydroxylation sites is 1. The van der Waals surface area contributed by atoms with Crippen molar-refractivity contribution in [2.75, 3.05) is 6.61 Å². The number of rotatable bonds is 1. The molecule has 0 bridgehead atoms. The monoisotopic (exact) mass is 204 g/mol. The van der Waals surface area contributed by atoms with Crippen molar-refractivity contribution in [3.8, 4) is 5.75 Å². The minimum atomic E-state index is 0.403. The first-order valence-corrected chi connectivity index (χ1v) is 5.75. The Kier molecular flexibility index (Phi) is 2.72. The van der Waals surface area contributed by atoms with Crippen molar-refractivity contribution in [3.05, 3.63) is 29.8 Å². The Hall–Kier alpha value is -0.980.